The van der Waals surface area contributed by atoms with Gasteiger partial charge in [-0.15, -0.1) is 0 Å². The fourth-order valence-corrected chi connectivity index (χ4v) is 2.37. The molecule has 7 heteroatoms. The molecule has 104 valence electrons. The standard InChI is InChI=1S/C12H19N5O2/c1-8(9-4-3-7-17(9)2)19-10-5-6-14-12(15-10)11(13)16-18/h5-6,8-9,18H,3-4,7H2,1-2H3,(H2,13,16)/t8-,9-/m0/s1. The minimum atomic E-state index is -0.129. The van der Waals surface area contributed by atoms with E-state index in [1.54, 1.807) is 6.07 Å². The predicted molar refractivity (Wildman–Crippen MR) is 70.3 cm³/mol. The highest BCUT2D eigenvalue weighted by molar-refractivity contribution is 5.93. The molecule has 0 aliphatic carbocycles. The number of nitrogens with zero attached hydrogens (tertiary/aromatic N) is 4. The molecule has 0 radical (unpaired) electrons. The third kappa shape index (κ3) is 3.11. The molecular weight excluding hydrogens is 246 g/mol. The number of ether oxygens (including phenoxy) is 1. The zero-order chi connectivity index (χ0) is 13.8. The van der Waals surface area contributed by atoms with Gasteiger partial charge in [-0.05, 0) is 33.4 Å². The summed E-state index contributed by atoms with van der Waals surface area (Å²) < 4.78 is 5.82. The smallest absolute Gasteiger partial charge is 0.217 e. The first-order chi connectivity index (χ1) is 9.11. The second kappa shape index (κ2) is 5.83. The van der Waals surface area contributed by atoms with E-state index in [4.69, 9.17) is 15.7 Å². The number of rotatable bonds is 4. The number of likely N-dealkylation sites (tertiary alicyclic amines) is 1. The molecular formula is C12H19N5O2. The van der Waals surface area contributed by atoms with Crippen LogP contribution in [0.5, 0.6) is 5.88 Å². The Morgan fingerprint density at radius 3 is 3.11 bits per heavy atom. The fraction of sp³-hybridized carbons (Fsp3) is 0.583. The second-order valence-corrected chi connectivity index (χ2v) is 4.72. The maximum Gasteiger partial charge on any atom is 0.217 e. The van der Waals surface area contributed by atoms with E-state index in [-0.39, 0.29) is 17.8 Å². The van der Waals surface area contributed by atoms with Crippen molar-refractivity contribution < 1.29 is 9.94 Å². The lowest BCUT2D eigenvalue weighted by Gasteiger charge is -2.26. The maximum absolute atomic E-state index is 8.60. The van der Waals surface area contributed by atoms with Crippen LogP contribution in [-0.4, -0.2) is 51.6 Å². The molecule has 1 aromatic heterocycles. The Hall–Kier alpha value is -1.89. The summed E-state index contributed by atoms with van der Waals surface area (Å²) in [7, 11) is 2.10. The molecule has 7 nitrogen and oxygen atoms in total. The first-order valence-electron chi connectivity index (χ1n) is 6.29. The van der Waals surface area contributed by atoms with Gasteiger partial charge in [-0.3, -0.25) is 4.90 Å². The van der Waals surface area contributed by atoms with Gasteiger partial charge in [0.05, 0.1) is 0 Å². The Labute approximate surface area is 112 Å². The van der Waals surface area contributed by atoms with Gasteiger partial charge in [0.2, 0.25) is 17.5 Å². The lowest BCUT2D eigenvalue weighted by Crippen LogP contribution is -2.38. The van der Waals surface area contributed by atoms with Crippen molar-refractivity contribution in [3.8, 4) is 5.88 Å². The zero-order valence-electron chi connectivity index (χ0n) is 11.2. The van der Waals surface area contributed by atoms with Crippen molar-refractivity contribution in [1.29, 1.82) is 0 Å². The lowest BCUT2D eigenvalue weighted by atomic mass is 10.1. The van der Waals surface area contributed by atoms with E-state index < -0.39 is 0 Å². The average molecular weight is 265 g/mol. The Morgan fingerprint density at radius 2 is 2.47 bits per heavy atom. The summed E-state index contributed by atoms with van der Waals surface area (Å²) in [4.78, 5) is 10.3. The van der Waals surface area contributed by atoms with E-state index >= 15 is 0 Å². The number of amidine groups is 1. The molecule has 2 rings (SSSR count). The number of nitrogens with two attached hydrogens (primary N) is 1. The van der Waals surface area contributed by atoms with E-state index in [0.29, 0.717) is 11.9 Å². The van der Waals surface area contributed by atoms with Gasteiger partial charge in [0, 0.05) is 18.3 Å². The molecule has 1 aromatic rings. The summed E-state index contributed by atoms with van der Waals surface area (Å²) in [5, 5.41) is 11.5. The minimum Gasteiger partial charge on any atom is -0.473 e. The molecule has 2 heterocycles. The molecule has 0 aromatic carbocycles. The van der Waals surface area contributed by atoms with E-state index in [0.717, 1.165) is 13.0 Å². The first-order valence-corrected chi connectivity index (χ1v) is 6.29. The third-order valence-electron chi connectivity index (χ3n) is 3.39. The number of oxime groups is 1. The van der Waals surface area contributed by atoms with Crippen molar-refractivity contribution in [3.05, 3.63) is 18.1 Å². The summed E-state index contributed by atoms with van der Waals surface area (Å²) in [6.07, 6.45) is 3.87. The Bertz CT molecular complexity index is 465. The number of hydrogen-bond acceptors (Lipinski definition) is 6. The van der Waals surface area contributed by atoms with Crippen LogP contribution >= 0.6 is 0 Å². The van der Waals surface area contributed by atoms with Gasteiger partial charge in [-0.25, -0.2) is 4.98 Å². The summed E-state index contributed by atoms with van der Waals surface area (Å²) in [5.74, 6) is 0.465. The Kier molecular flexibility index (Phi) is 4.16. The van der Waals surface area contributed by atoms with E-state index in [2.05, 4.69) is 27.1 Å². The molecule has 1 aliphatic rings. The maximum atomic E-state index is 8.60. The van der Waals surface area contributed by atoms with Gasteiger partial charge in [0.25, 0.3) is 0 Å². The molecule has 0 amide bonds. The van der Waals surface area contributed by atoms with Gasteiger partial charge >= 0.3 is 0 Å². The highest BCUT2D eigenvalue weighted by Crippen LogP contribution is 2.21. The van der Waals surface area contributed by atoms with Crippen LogP contribution in [0.2, 0.25) is 0 Å². The monoisotopic (exact) mass is 265 g/mol. The van der Waals surface area contributed by atoms with Crippen molar-refractivity contribution in [3.63, 3.8) is 0 Å². The highest BCUT2D eigenvalue weighted by atomic mass is 16.5. The van der Waals surface area contributed by atoms with Crippen LogP contribution in [0, 0.1) is 0 Å². The molecule has 0 spiro atoms. The molecule has 1 fully saturated rings. The van der Waals surface area contributed by atoms with Crippen molar-refractivity contribution in [1.82, 2.24) is 14.9 Å². The topological polar surface area (TPSA) is 96.9 Å². The van der Waals surface area contributed by atoms with E-state index in [1.807, 2.05) is 6.92 Å². The number of hydrogen-bond donors (Lipinski definition) is 2. The average Bonchev–Trinajstić information content (AvgIpc) is 2.84. The normalized spacial score (nSPS) is 22.4. The van der Waals surface area contributed by atoms with Crippen LogP contribution < -0.4 is 10.5 Å². The predicted octanol–water partition coefficient (Wildman–Crippen LogP) is 0.433. The van der Waals surface area contributed by atoms with Gasteiger partial charge in [0.1, 0.15) is 6.10 Å². The van der Waals surface area contributed by atoms with Gasteiger partial charge < -0.3 is 15.7 Å². The molecule has 0 unspecified atom stereocenters. The Morgan fingerprint density at radius 1 is 1.68 bits per heavy atom. The minimum absolute atomic E-state index is 0.0301. The van der Waals surface area contributed by atoms with Crippen LogP contribution in [0.3, 0.4) is 0 Å². The summed E-state index contributed by atoms with van der Waals surface area (Å²) in [6, 6.07) is 2.06. The van der Waals surface area contributed by atoms with Crippen molar-refractivity contribution in [2.45, 2.75) is 31.9 Å². The molecule has 0 bridgehead atoms. The highest BCUT2D eigenvalue weighted by Gasteiger charge is 2.28. The van der Waals surface area contributed by atoms with Gasteiger partial charge in [0.15, 0.2) is 0 Å². The van der Waals surface area contributed by atoms with Gasteiger partial charge in [-0.2, -0.15) is 4.98 Å². The summed E-state index contributed by atoms with van der Waals surface area (Å²) >= 11 is 0. The van der Waals surface area contributed by atoms with E-state index in [9.17, 15) is 0 Å². The lowest BCUT2D eigenvalue weighted by molar-refractivity contribution is 0.116. The van der Waals surface area contributed by atoms with Crippen molar-refractivity contribution in [2.24, 2.45) is 10.9 Å². The van der Waals surface area contributed by atoms with Crippen LogP contribution in [0.1, 0.15) is 25.6 Å². The van der Waals surface area contributed by atoms with E-state index in [1.165, 1.54) is 12.6 Å². The van der Waals surface area contributed by atoms with Crippen LogP contribution in [-0.2, 0) is 0 Å². The summed E-state index contributed by atoms with van der Waals surface area (Å²) in [6.45, 7) is 3.12. The van der Waals surface area contributed by atoms with Crippen molar-refractivity contribution >= 4 is 5.84 Å². The Balaban J connectivity index is 2.06. The zero-order valence-corrected chi connectivity index (χ0v) is 11.2. The van der Waals surface area contributed by atoms with Crippen LogP contribution in [0.15, 0.2) is 17.4 Å². The molecule has 1 saturated heterocycles. The van der Waals surface area contributed by atoms with Crippen molar-refractivity contribution in [2.75, 3.05) is 13.6 Å². The molecule has 19 heavy (non-hydrogen) atoms. The number of likely N-dealkylation sites (N-methyl/N-ethyl adjacent to an activating group) is 1. The summed E-state index contributed by atoms with van der Waals surface area (Å²) in [5.41, 5.74) is 5.45. The molecule has 2 atom stereocenters. The molecule has 0 saturated carbocycles. The number of aromatic nitrogens is 2. The second-order valence-electron chi connectivity index (χ2n) is 4.72. The quantitative estimate of drug-likeness (QED) is 0.355. The first kappa shape index (κ1) is 13.5. The van der Waals surface area contributed by atoms with Crippen LogP contribution in [0.25, 0.3) is 0 Å². The molecule has 1 aliphatic heterocycles. The van der Waals surface area contributed by atoms with Gasteiger partial charge in [-0.1, -0.05) is 5.16 Å². The third-order valence-corrected chi connectivity index (χ3v) is 3.39. The van der Waals surface area contributed by atoms with Crippen LogP contribution in [0.4, 0.5) is 0 Å². The SMILES string of the molecule is C[C@H](Oc1ccnc(/C(N)=N/O)n1)[C@@H]1CCCN1C. The fourth-order valence-electron chi connectivity index (χ4n) is 2.37. The molecule has 3 N–H and O–H groups in total. The largest absolute Gasteiger partial charge is 0.473 e.